The summed E-state index contributed by atoms with van der Waals surface area (Å²) >= 11 is 0. The van der Waals surface area contributed by atoms with E-state index < -0.39 is 0 Å². The van der Waals surface area contributed by atoms with Gasteiger partial charge in [0.15, 0.2) is 0 Å². The van der Waals surface area contributed by atoms with E-state index >= 15 is 0 Å². The quantitative estimate of drug-likeness (QED) is 0.882. The zero-order chi connectivity index (χ0) is 15.1. The van der Waals surface area contributed by atoms with E-state index in [0.29, 0.717) is 23.7 Å². The number of methoxy groups -OCH3 is 1. The van der Waals surface area contributed by atoms with Crippen LogP contribution in [0.2, 0.25) is 0 Å². The number of hydrogen-bond acceptors (Lipinski definition) is 5. The molecule has 2 rings (SSSR count). The number of hydrogen-bond donors (Lipinski definition) is 1. The van der Waals surface area contributed by atoms with Crippen LogP contribution in [0.1, 0.15) is 18.2 Å². The molecule has 5 nitrogen and oxygen atoms in total. The lowest BCUT2D eigenvalue weighted by Gasteiger charge is -2.09. The molecule has 0 radical (unpaired) electrons. The van der Waals surface area contributed by atoms with Gasteiger partial charge in [-0.25, -0.2) is 0 Å². The Balaban J connectivity index is 2.09. The first-order chi connectivity index (χ1) is 10.2. The van der Waals surface area contributed by atoms with Crippen LogP contribution in [0.15, 0.2) is 36.5 Å². The molecule has 0 amide bonds. The van der Waals surface area contributed by atoms with Gasteiger partial charge in [-0.3, -0.25) is 4.98 Å². The minimum absolute atomic E-state index is 0.331. The third kappa shape index (κ3) is 4.11. The molecule has 21 heavy (non-hydrogen) atoms. The summed E-state index contributed by atoms with van der Waals surface area (Å²) in [5, 5.41) is 12.2. The zero-order valence-corrected chi connectivity index (χ0v) is 12.1. The molecule has 1 heterocycles. The Kier molecular flexibility index (Phi) is 4.99. The Labute approximate surface area is 124 Å². The van der Waals surface area contributed by atoms with Crippen LogP contribution in [0.5, 0.6) is 11.5 Å². The van der Waals surface area contributed by atoms with Gasteiger partial charge >= 0.3 is 0 Å². The van der Waals surface area contributed by atoms with Crippen molar-refractivity contribution in [3.63, 3.8) is 0 Å². The van der Waals surface area contributed by atoms with Gasteiger partial charge in [0.25, 0.3) is 0 Å². The number of benzene rings is 1. The number of nitrogens with one attached hydrogen (secondary N) is 1. The van der Waals surface area contributed by atoms with E-state index in [0.717, 1.165) is 17.9 Å². The van der Waals surface area contributed by atoms with Gasteiger partial charge in [0.2, 0.25) is 0 Å². The summed E-state index contributed by atoms with van der Waals surface area (Å²) in [5.41, 5.74) is 2.32. The third-order valence-electron chi connectivity index (χ3n) is 2.83. The molecule has 0 fully saturated rings. The minimum atomic E-state index is 0.331. The fourth-order valence-electron chi connectivity index (χ4n) is 1.87. The molecule has 0 bridgehead atoms. The second-order valence-corrected chi connectivity index (χ2v) is 4.36. The first-order valence-corrected chi connectivity index (χ1v) is 6.66. The van der Waals surface area contributed by atoms with Crippen molar-refractivity contribution in [1.82, 2.24) is 4.98 Å². The molecule has 0 atom stereocenters. The maximum Gasteiger partial charge on any atom is 0.130 e. The smallest absolute Gasteiger partial charge is 0.130 e. The molecule has 0 aliphatic heterocycles. The van der Waals surface area contributed by atoms with Gasteiger partial charge in [-0.15, -0.1) is 0 Å². The van der Waals surface area contributed by atoms with Crippen molar-refractivity contribution in [1.29, 1.82) is 5.26 Å². The summed E-state index contributed by atoms with van der Waals surface area (Å²) in [4.78, 5) is 4.26. The fourth-order valence-corrected chi connectivity index (χ4v) is 1.87. The van der Waals surface area contributed by atoms with Gasteiger partial charge in [-0.1, -0.05) is 0 Å². The molecular weight excluding hydrogens is 266 g/mol. The number of aromatic nitrogens is 1. The number of anilines is 1. The summed E-state index contributed by atoms with van der Waals surface area (Å²) in [6, 6.07) is 11.0. The molecule has 0 aliphatic carbocycles. The van der Waals surface area contributed by atoms with Gasteiger partial charge in [0.1, 0.15) is 18.1 Å². The van der Waals surface area contributed by atoms with Crippen LogP contribution in [-0.2, 0) is 6.61 Å². The van der Waals surface area contributed by atoms with E-state index in [9.17, 15) is 0 Å². The van der Waals surface area contributed by atoms with Crippen molar-refractivity contribution in [2.75, 3.05) is 19.0 Å². The van der Waals surface area contributed by atoms with Crippen molar-refractivity contribution in [3.05, 3.63) is 47.8 Å². The average Bonchev–Trinajstić information content (AvgIpc) is 2.53. The van der Waals surface area contributed by atoms with Crippen LogP contribution in [0, 0.1) is 11.3 Å². The summed E-state index contributed by atoms with van der Waals surface area (Å²) in [6.45, 7) is 3.22. The predicted molar refractivity (Wildman–Crippen MR) is 80.4 cm³/mol. The lowest BCUT2D eigenvalue weighted by Crippen LogP contribution is -2.02. The van der Waals surface area contributed by atoms with Gasteiger partial charge in [-0.2, -0.15) is 5.26 Å². The number of ether oxygens (including phenoxy) is 2. The monoisotopic (exact) mass is 283 g/mol. The van der Waals surface area contributed by atoms with Crippen molar-refractivity contribution in [2.45, 2.75) is 13.5 Å². The Morgan fingerprint density at radius 1 is 1.24 bits per heavy atom. The van der Waals surface area contributed by atoms with E-state index in [1.54, 1.807) is 31.5 Å². The zero-order valence-electron chi connectivity index (χ0n) is 12.1. The minimum Gasteiger partial charge on any atom is -0.497 e. The molecule has 2 aromatic rings. The largest absolute Gasteiger partial charge is 0.497 e. The maximum atomic E-state index is 8.98. The molecule has 108 valence electrons. The molecule has 0 aliphatic rings. The standard InChI is InChI=1S/C16H17N3O2/c1-3-18-13-4-5-19-14(8-13)11-21-16-7-12(10-17)6-15(9-16)20-2/h4-9H,3,11H2,1-2H3,(H,18,19). The average molecular weight is 283 g/mol. The molecule has 1 aromatic carbocycles. The third-order valence-corrected chi connectivity index (χ3v) is 2.83. The van der Waals surface area contributed by atoms with E-state index in [1.807, 2.05) is 19.1 Å². The summed E-state index contributed by atoms with van der Waals surface area (Å²) < 4.78 is 10.8. The number of nitrogens with zero attached hydrogens (tertiary/aromatic N) is 2. The SMILES string of the molecule is CCNc1ccnc(COc2cc(C#N)cc(OC)c2)c1. The highest BCUT2D eigenvalue weighted by atomic mass is 16.5. The highest BCUT2D eigenvalue weighted by molar-refractivity contribution is 5.45. The first-order valence-electron chi connectivity index (χ1n) is 6.66. The second-order valence-electron chi connectivity index (χ2n) is 4.36. The highest BCUT2D eigenvalue weighted by Gasteiger charge is 2.04. The molecule has 0 spiro atoms. The predicted octanol–water partition coefficient (Wildman–Crippen LogP) is 2.97. The van der Waals surface area contributed by atoms with E-state index in [-0.39, 0.29) is 0 Å². The van der Waals surface area contributed by atoms with Gasteiger partial charge < -0.3 is 14.8 Å². The van der Waals surface area contributed by atoms with Crippen molar-refractivity contribution in [3.8, 4) is 17.6 Å². The number of nitriles is 1. The fraction of sp³-hybridized carbons (Fsp3) is 0.250. The Bertz CT molecular complexity index is 650. The Morgan fingerprint density at radius 3 is 2.76 bits per heavy atom. The summed E-state index contributed by atoms with van der Waals surface area (Å²) in [6.07, 6.45) is 1.74. The Hall–Kier alpha value is -2.74. The number of pyridine rings is 1. The molecule has 1 N–H and O–H groups in total. The number of rotatable bonds is 6. The van der Waals surface area contributed by atoms with E-state index in [1.165, 1.54) is 0 Å². The first kappa shape index (κ1) is 14.7. The van der Waals surface area contributed by atoms with Crippen LogP contribution in [-0.4, -0.2) is 18.6 Å². The second kappa shape index (κ2) is 7.15. The summed E-state index contributed by atoms with van der Waals surface area (Å²) in [7, 11) is 1.56. The van der Waals surface area contributed by atoms with Crippen LogP contribution >= 0.6 is 0 Å². The van der Waals surface area contributed by atoms with Crippen LogP contribution < -0.4 is 14.8 Å². The van der Waals surface area contributed by atoms with Crippen molar-refractivity contribution >= 4 is 5.69 Å². The van der Waals surface area contributed by atoms with Crippen molar-refractivity contribution < 1.29 is 9.47 Å². The molecule has 0 saturated heterocycles. The molecule has 1 aromatic heterocycles. The van der Waals surface area contributed by atoms with Crippen LogP contribution in [0.25, 0.3) is 0 Å². The normalized spacial score (nSPS) is 9.76. The molecule has 0 unspecified atom stereocenters. The maximum absolute atomic E-state index is 8.98. The van der Waals surface area contributed by atoms with Crippen LogP contribution in [0.4, 0.5) is 5.69 Å². The summed E-state index contributed by atoms with van der Waals surface area (Å²) in [5.74, 6) is 1.18. The van der Waals surface area contributed by atoms with E-state index in [4.69, 9.17) is 14.7 Å². The molecule has 0 saturated carbocycles. The van der Waals surface area contributed by atoms with Gasteiger partial charge in [0, 0.05) is 24.5 Å². The Morgan fingerprint density at radius 2 is 2.05 bits per heavy atom. The van der Waals surface area contributed by atoms with Gasteiger partial charge in [-0.05, 0) is 31.2 Å². The highest BCUT2D eigenvalue weighted by Crippen LogP contribution is 2.23. The lowest BCUT2D eigenvalue weighted by molar-refractivity contribution is 0.299. The van der Waals surface area contributed by atoms with Crippen molar-refractivity contribution in [2.24, 2.45) is 0 Å². The van der Waals surface area contributed by atoms with E-state index in [2.05, 4.69) is 16.4 Å². The molecule has 5 heteroatoms. The molecular formula is C16H17N3O2. The topological polar surface area (TPSA) is 67.2 Å². The van der Waals surface area contributed by atoms with Gasteiger partial charge in [0.05, 0.1) is 24.4 Å². The lowest BCUT2D eigenvalue weighted by atomic mass is 10.2. The van der Waals surface area contributed by atoms with Crippen LogP contribution in [0.3, 0.4) is 0 Å².